The predicted molar refractivity (Wildman–Crippen MR) is 88.1 cm³/mol. The van der Waals surface area contributed by atoms with E-state index in [0.717, 1.165) is 0 Å². The Kier molecular flexibility index (Phi) is 9.36. The Morgan fingerprint density at radius 3 is 2.22 bits per heavy atom. The van der Waals surface area contributed by atoms with E-state index >= 15 is 0 Å². The minimum absolute atomic E-state index is 0.0320. The topological polar surface area (TPSA) is 157 Å². The van der Waals surface area contributed by atoms with Crippen LogP contribution in [0.25, 0.3) is 0 Å². The molecular formula is C14H28N6O3. The number of nitrogens with one attached hydrogen (secondary N) is 1. The molecule has 0 aromatic heterocycles. The van der Waals surface area contributed by atoms with Crippen LogP contribution in [0.5, 0.6) is 0 Å². The van der Waals surface area contributed by atoms with E-state index in [-0.39, 0.29) is 24.3 Å². The van der Waals surface area contributed by atoms with Gasteiger partial charge in [-0.3, -0.25) is 19.4 Å². The Bertz CT molecular complexity index is 446. The lowest BCUT2D eigenvalue weighted by molar-refractivity contribution is -0.135. The Morgan fingerprint density at radius 1 is 1.17 bits per heavy atom. The van der Waals surface area contributed by atoms with Gasteiger partial charge in [0.25, 0.3) is 0 Å². The lowest BCUT2D eigenvalue weighted by Crippen LogP contribution is -2.49. The summed E-state index contributed by atoms with van der Waals surface area (Å²) in [6.07, 6.45) is 0.816. The number of guanidine groups is 1. The molecule has 0 aliphatic rings. The van der Waals surface area contributed by atoms with Crippen LogP contribution in [-0.4, -0.2) is 54.3 Å². The van der Waals surface area contributed by atoms with Crippen molar-refractivity contribution in [3.63, 3.8) is 0 Å². The van der Waals surface area contributed by atoms with Crippen molar-refractivity contribution in [3.8, 4) is 0 Å². The molecule has 0 bridgehead atoms. The van der Waals surface area contributed by atoms with Crippen LogP contribution in [0, 0.1) is 5.92 Å². The zero-order valence-corrected chi connectivity index (χ0v) is 14.0. The smallest absolute Gasteiger partial charge is 0.240 e. The zero-order valence-electron chi connectivity index (χ0n) is 14.0. The number of carbonyl (C=O) groups excluding carboxylic acids is 3. The first-order valence-corrected chi connectivity index (χ1v) is 7.53. The van der Waals surface area contributed by atoms with Gasteiger partial charge < -0.3 is 27.4 Å². The molecule has 0 fully saturated rings. The average molecular weight is 328 g/mol. The molecule has 9 nitrogen and oxygen atoms in total. The van der Waals surface area contributed by atoms with E-state index in [2.05, 4.69) is 10.3 Å². The number of nitrogens with zero attached hydrogens (tertiary/aromatic N) is 2. The summed E-state index contributed by atoms with van der Waals surface area (Å²) >= 11 is 0. The number of carbonyl (C=O) groups is 3. The fourth-order valence-corrected chi connectivity index (χ4v) is 1.95. The molecule has 0 saturated carbocycles. The second-order valence-electron chi connectivity index (χ2n) is 5.76. The molecule has 9 heteroatoms. The van der Waals surface area contributed by atoms with Gasteiger partial charge in [0.2, 0.25) is 17.7 Å². The highest BCUT2D eigenvalue weighted by molar-refractivity contribution is 5.89. The summed E-state index contributed by atoms with van der Waals surface area (Å²) in [6.45, 7) is 6.00. The summed E-state index contributed by atoms with van der Waals surface area (Å²) in [4.78, 5) is 40.2. The number of rotatable bonds is 10. The number of nitrogens with two attached hydrogens (primary N) is 3. The first-order chi connectivity index (χ1) is 10.6. The molecule has 0 aliphatic heterocycles. The third kappa shape index (κ3) is 10.1. The molecule has 3 amide bonds. The van der Waals surface area contributed by atoms with E-state index in [1.54, 1.807) is 0 Å². The van der Waals surface area contributed by atoms with E-state index in [4.69, 9.17) is 17.2 Å². The van der Waals surface area contributed by atoms with Gasteiger partial charge in [-0.25, -0.2) is 0 Å². The van der Waals surface area contributed by atoms with Crippen molar-refractivity contribution in [2.45, 2.75) is 39.7 Å². The molecule has 0 aromatic carbocycles. The first-order valence-electron chi connectivity index (χ1n) is 7.53. The normalized spacial score (nSPS) is 11.7. The van der Waals surface area contributed by atoms with Crippen LogP contribution < -0.4 is 22.5 Å². The Labute approximate surface area is 136 Å². The van der Waals surface area contributed by atoms with E-state index in [1.807, 2.05) is 13.8 Å². The highest BCUT2D eigenvalue weighted by atomic mass is 16.2. The molecule has 1 atom stereocenters. The number of aliphatic imine (C=N–C) groups is 1. The van der Waals surface area contributed by atoms with Crippen molar-refractivity contribution in [2.75, 3.05) is 19.6 Å². The largest absolute Gasteiger partial charge is 0.370 e. The second kappa shape index (κ2) is 10.4. The highest BCUT2D eigenvalue weighted by Gasteiger charge is 2.20. The Hall–Kier alpha value is -2.32. The summed E-state index contributed by atoms with van der Waals surface area (Å²) in [7, 11) is 0. The number of amides is 3. The molecule has 0 saturated heterocycles. The van der Waals surface area contributed by atoms with Crippen molar-refractivity contribution in [3.05, 3.63) is 0 Å². The van der Waals surface area contributed by atoms with E-state index < -0.39 is 17.9 Å². The lowest BCUT2D eigenvalue weighted by Gasteiger charge is -2.23. The van der Waals surface area contributed by atoms with Gasteiger partial charge in [0, 0.05) is 20.0 Å². The summed E-state index contributed by atoms with van der Waals surface area (Å²) < 4.78 is 0. The van der Waals surface area contributed by atoms with Crippen LogP contribution >= 0.6 is 0 Å². The van der Waals surface area contributed by atoms with Crippen molar-refractivity contribution < 1.29 is 14.4 Å². The zero-order chi connectivity index (χ0) is 18.0. The molecule has 0 rings (SSSR count). The average Bonchev–Trinajstić information content (AvgIpc) is 2.40. The van der Waals surface area contributed by atoms with Gasteiger partial charge >= 0.3 is 0 Å². The number of hydrogen-bond donors (Lipinski definition) is 4. The van der Waals surface area contributed by atoms with Gasteiger partial charge in [-0.2, -0.15) is 0 Å². The second-order valence-corrected chi connectivity index (χ2v) is 5.76. The Morgan fingerprint density at radius 2 is 1.78 bits per heavy atom. The molecule has 0 unspecified atom stereocenters. The molecule has 0 aromatic rings. The van der Waals surface area contributed by atoms with Crippen molar-refractivity contribution in [1.29, 1.82) is 0 Å². The van der Waals surface area contributed by atoms with E-state index in [9.17, 15) is 14.4 Å². The maximum Gasteiger partial charge on any atom is 0.240 e. The molecule has 0 aliphatic carbocycles. The fourth-order valence-electron chi connectivity index (χ4n) is 1.95. The number of primary amides is 1. The highest BCUT2D eigenvalue weighted by Crippen LogP contribution is 2.01. The van der Waals surface area contributed by atoms with Crippen LogP contribution in [-0.2, 0) is 14.4 Å². The fraction of sp³-hybridized carbons (Fsp3) is 0.714. The predicted octanol–water partition coefficient (Wildman–Crippen LogP) is -1.49. The molecule has 0 radical (unpaired) electrons. The lowest BCUT2D eigenvalue weighted by atomic mass is 10.1. The molecule has 0 heterocycles. The van der Waals surface area contributed by atoms with Crippen molar-refractivity contribution in [2.24, 2.45) is 28.1 Å². The van der Waals surface area contributed by atoms with Crippen LogP contribution in [0.2, 0.25) is 0 Å². The van der Waals surface area contributed by atoms with Gasteiger partial charge in [-0.1, -0.05) is 13.8 Å². The SMILES string of the molecule is CC(=O)N(CC(=O)N[C@@H](CCCN=C(N)N)C(N)=O)CC(C)C. The van der Waals surface area contributed by atoms with E-state index in [0.29, 0.717) is 25.9 Å². The molecule has 132 valence electrons. The van der Waals surface area contributed by atoms with Crippen LogP contribution in [0.3, 0.4) is 0 Å². The molecule has 7 N–H and O–H groups in total. The van der Waals surface area contributed by atoms with Crippen molar-refractivity contribution in [1.82, 2.24) is 10.2 Å². The monoisotopic (exact) mass is 328 g/mol. The van der Waals surface area contributed by atoms with Gasteiger partial charge in [0.05, 0.1) is 6.54 Å². The first kappa shape index (κ1) is 20.7. The van der Waals surface area contributed by atoms with Gasteiger partial charge in [-0.15, -0.1) is 0 Å². The maximum absolute atomic E-state index is 12.0. The summed E-state index contributed by atoms with van der Waals surface area (Å²) in [5.74, 6) is -1.06. The molecule has 0 spiro atoms. The summed E-state index contributed by atoms with van der Waals surface area (Å²) in [6, 6.07) is -0.815. The maximum atomic E-state index is 12.0. The minimum atomic E-state index is -0.815. The third-order valence-corrected chi connectivity index (χ3v) is 2.99. The minimum Gasteiger partial charge on any atom is -0.370 e. The Balaban J connectivity index is 4.51. The van der Waals surface area contributed by atoms with Gasteiger partial charge in [0.1, 0.15) is 6.04 Å². The van der Waals surface area contributed by atoms with Crippen molar-refractivity contribution >= 4 is 23.7 Å². The van der Waals surface area contributed by atoms with Crippen LogP contribution in [0.1, 0.15) is 33.6 Å². The quantitative estimate of drug-likeness (QED) is 0.218. The van der Waals surface area contributed by atoms with Gasteiger partial charge in [0.15, 0.2) is 5.96 Å². The molecule has 23 heavy (non-hydrogen) atoms. The van der Waals surface area contributed by atoms with Gasteiger partial charge in [-0.05, 0) is 18.8 Å². The summed E-state index contributed by atoms with van der Waals surface area (Å²) in [5, 5.41) is 2.54. The third-order valence-electron chi connectivity index (χ3n) is 2.99. The van der Waals surface area contributed by atoms with Crippen LogP contribution in [0.15, 0.2) is 4.99 Å². The molecular weight excluding hydrogens is 300 g/mol. The van der Waals surface area contributed by atoms with Crippen LogP contribution in [0.4, 0.5) is 0 Å². The summed E-state index contributed by atoms with van der Waals surface area (Å²) in [5.41, 5.74) is 15.7. The standard InChI is InChI=1S/C14H28N6O3/c1-9(2)7-20(10(3)21)8-12(22)19-11(13(15)23)5-4-6-18-14(16)17/h9,11H,4-8H2,1-3H3,(H2,15,23)(H,19,22)(H4,16,17,18)/t11-/m0/s1. The van der Waals surface area contributed by atoms with E-state index in [1.165, 1.54) is 11.8 Å². The number of hydrogen-bond acceptors (Lipinski definition) is 4.